The highest BCUT2D eigenvalue weighted by molar-refractivity contribution is 7.80. The Hall–Kier alpha value is -2.06. The maximum Gasteiger partial charge on any atom is 0.338 e. The van der Waals surface area contributed by atoms with Crippen molar-refractivity contribution in [1.82, 2.24) is 10.2 Å². The molecular formula is C18H22F2N2O3S. The Morgan fingerprint density at radius 3 is 2.65 bits per heavy atom. The van der Waals surface area contributed by atoms with Gasteiger partial charge in [0.2, 0.25) is 0 Å². The molecular weight excluding hydrogens is 362 g/mol. The molecule has 0 fully saturated rings. The number of thiocarbonyl (C=S) groups is 1. The molecule has 1 aliphatic heterocycles. The van der Waals surface area contributed by atoms with E-state index < -0.39 is 23.6 Å². The topological polar surface area (TPSA) is 50.8 Å². The largest absolute Gasteiger partial charge is 0.460 e. The number of hydrogen-bond acceptors (Lipinski definition) is 4. The second-order valence-corrected chi connectivity index (χ2v) is 6.22. The van der Waals surface area contributed by atoms with Crippen LogP contribution >= 0.6 is 12.2 Å². The molecule has 0 unspecified atom stereocenters. The van der Waals surface area contributed by atoms with E-state index in [9.17, 15) is 13.6 Å². The maximum atomic E-state index is 13.7. The summed E-state index contributed by atoms with van der Waals surface area (Å²) in [6, 6.07) is 2.78. The van der Waals surface area contributed by atoms with E-state index in [1.54, 1.807) is 11.8 Å². The van der Waals surface area contributed by atoms with Crippen molar-refractivity contribution in [2.45, 2.75) is 26.3 Å². The van der Waals surface area contributed by atoms with Crippen molar-refractivity contribution >= 4 is 23.3 Å². The van der Waals surface area contributed by atoms with Gasteiger partial charge in [0.1, 0.15) is 6.61 Å². The number of carbonyl (C=O) groups excluding carboxylic acids is 1. The lowest BCUT2D eigenvalue weighted by Crippen LogP contribution is -2.48. The van der Waals surface area contributed by atoms with Crippen molar-refractivity contribution in [3.05, 3.63) is 46.7 Å². The lowest BCUT2D eigenvalue weighted by atomic mass is 9.94. The summed E-state index contributed by atoms with van der Waals surface area (Å²) in [6.07, 6.45) is 0.820. The van der Waals surface area contributed by atoms with E-state index in [4.69, 9.17) is 21.7 Å². The molecule has 2 rings (SSSR count). The van der Waals surface area contributed by atoms with Crippen LogP contribution in [-0.4, -0.2) is 42.8 Å². The first-order chi connectivity index (χ1) is 12.4. The van der Waals surface area contributed by atoms with E-state index in [1.165, 1.54) is 13.2 Å². The maximum absolute atomic E-state index is 13.7. The second kappa shape index (κ2) is 9.05. The van der Waals surface area contributed by atoms with Gasteiger partial charge in [-0.25, -0.2) is 13.6 Å². The molecule has 0 saturated carbocycles. The molecule has 1 N–H and O–H groups in total. The molecule has 0 aliphatic carbocycles. The molecule has 0 bridgehead atoms. The Labute approximate surface area is 157 Å². The normalized spacial score (nSPS) is 17.3. The summed E-state index contributed by atoms with van der Waals surface area (Å²) in [7, 11) is 1.51. The van der Waals surface area contributed by atoms with Crippen molar-refractivity contribution in [2.24, 2.45) is 0 Å². The van der Waals surface area contributed by atoms with Crippen LogP contribution in [0.4, 0.5) is 8.78 Å². The first-order valence-electron chi connectivity index (χ1n) is 8.30. The highest BCUT2D eigenvalue weighted by atomic mass is 32.1. The molecule has 0 spiro atoms. The van der Waals surface area contributed by atoms with Crippen LogP contribution in [0.3, 0.4) is 0 Å². The van der Waals surface area contributed by atoms with Gasteiger partial charge < -0.3 is 19.7 Å². The summed E-state index contributed by atoms with van der Waals surface area (Å²) < 4.78 is 37.2. The lowest BCUT2D eigenvalue weighted by molar-refractivity contribution is -0.140. The average molecular weight is 384 g/mol. The Kier molecular flexibility index (Phi) is 7.05. The molecule has 8 heteroatoms. The standard InChI is InChI=1S/C18H22F2N2O3S/c1-4-7-22-11(2)15(17(23)25-9-8-24-3)16(21-18(22)26)12-5-6-13(19)14(20)10-12/h5-6,10,16H,4,7-9H2,1-3H3,(H,21,26)/t16-/m0/s1. The van der Waals surface area contributed by atoms with Gasteiger partial charge in [0.15, 0.2) is 16.7 Å². The van der Waals surface area contributed by atoms with Crippen molar-refractivity contribution in [3.8, 4) is 0 Å². The minimum absolute atomic E-state index is 0.0921. The summed E-state index contributed by atoms with van der Waals surface area (Å²) in [5.74, 6) is -2.49. The number of nitrogens with zero attached hydrogens (tertiary/aromatic N) is 1. The molecule has 0 aromatic heterocycles. The molecule has 5 nitrogen and oxygen atoms in total. The SMILES string of the molecule is CCCN1C(=S)N[C@@H](c2ccc(F)c(F)c2)C(C(=O)OCCOC)=C1C. The summed E-state index contributed by atoms with van der Waals surface area (Å²) in [5, 5.41) is 3.47. The summed E-state index contributed by atoms with van der Waals surface area (Å²) in [6.45, 7) is 4.74. The van der Waals surface area contributed by atoms with Crippen LogP contribution in [0.15, 0.2) is 29.5 Å². The fraction of sp³-hybridized carbons (Fsp3) is 0.444. The predicted octanol–water partition coefficient (Wildman–Crippen LogP) is 3.07. The fourth-order valence-corrected chi connectivity index (χ4v) is 3.12. The Bertz CT molecular complexity index is 724. The number of allylic oxidation sites excluding steroid dienone is 1. The van der Waals surface area contributed by atoms with Gasteiger partial charge in [-0.15, -0.1) is 0 Å². The summed E-state index contributed by atoms with van der Waals surface area (Å²) >= 11 is 5.39. The molecule has 1 aromatic rings. The van der Waals surface area contributed by atoms with Crippen LogP contribution in [0.5, 0.6) is 0 Å². The van der Waals surface area contributed by atoms with Gasteiger partial charge in [-0.2, -0.15) is 0 Å². The quantitative estimate of drug-likeness (QED) is 0.443. The molecule has 142 valence electrons. The molecule has 1 aromatic carbocycles. The fourth-order valence-electron chi connectivity index (χ4n) is 2.78. The average Bonchev–Trinajstić information content (AvgIpc) is 2.60. The molecule has 1 heterocycles. The van der Waals surface area contributed by atoms with Gasteiger partial charge in [-0.05, 0) is 43.3 Å². The number of rotatable bonds is 7. The Balaban J connectivity index is 2.44. The molecule has 0 amide bonds. The number of esters is 1. The number of nitrogens with one attached hydrogen (secondary N) is 1. The van der Waals surface area contributed by atoms with E-state index >= 15 is 0 Å². The Morgan fingerprint density at radius 1 is 1.31 bits per heavy atom. The zero-order valence-corrected chi connectivity index (χ0v) is 15.8. The number of hydrogen-bond donors (Lipinski definition) is 1. The summed E-state index contributed by atoms with van der Waals surface area (Å²) in [4.78, 5) is 14.5. The van der Waals surface area contributed by atoms with Crippen molar-refractivity contribution in [1.29, 1.82) is 0 Å². The van der Waals surface area contributed by atoms with Gasteiger partial charge >= 0.3 is 5.97 Å². The number of ether oxygens (including phenoxy) is 2. The molecule has 1 atom stereocenters. The molecule has 0 saturated heterocycles. The van der Waals surface area contributed by atoms with Crippen molar-refractivity contribution in [2.75, 3.05) is 26.9 Å². The third-order valence-electron chi connectivity index (χ3n) is 4.06. The second-order valence-electron chi connectivity index (χ2n) is 5.84. The highest BCUT2D eigenvalue weighted by Crippen LogP contribution is 2.32. The number of benzene rings is 1. The van der Waals surface area contributed by atoms with Crippen LogP contribution in [0.2, 0.25) is 0 Å². The zero-order chi connectivity index (χ0) is 19.3. The van der Waals surface area contributed by atoms with Crippen molar-refractivity contribution in [3.63, 3.8) is 0 Å². The van der Waals surface area contributed by atoms with E-state index in [0.29, 0.717) is 28.5 Å². The van der Waals surface area contributed by atoms with E-state index in [-0.39, 0.29) is 13.2 Å². The van der Waals surface area contributed by atoms with Gasteiger partial charge in [0.25, 0.3) is 0 Å². The van der Waals surface area contributed by atoms with Crippen LogP contribution in [-0.2, 0) is 14.3 Å². The van der Waals surface area contributed by atoms with Gasteiger partial charge in [-0.3, -0.25) is 0 Å². The smallest absolute Gasteiger partial charge is 0.338 e. The van der Waals surface area contributed by atoms with Crippen LogP contribution in [0, 0.1) is 11.6 Å². The van der Waals surface area contributed by atoms with Crippen LogP contribution < -0.4 is 5.32 Å². The third kappa shape index (κ3) is 4.37. The molecule has 0 radical (unpaired) electrons. The predicted molar refractivity (Wildman–Crippen MR) is 97.4 cm³/mol. The monoisotopic (exact) mass is 384 g/mol. The third-order valence-corrected chi connectivity index (χ3v) is 4.40. The molecule has 26 heavy (non-hydrogen) atoms. The van der Waals surface area contributed by atoms with Crippen LogP contribution in [0.25, 0.3) is 0 Å². The molecule has 1 aliphatic rings. The number of halogens is 2. The van der Waals surface area contributed by atoms with E-state index in [1.807, 2.05) is 6.92 Å². The van der Waals surface area contributed by atoms with Gasteiger partial charge in [0.05, 0.1) is 18.2 Å². The van der Waals surface area contributed by atoms with Gasteiger partial charge in [-0.1, -0.05) is 13.0 Å². The Morgan fingerprint density at radius 2 is 2.04 bits per heavy atom. The van der Waals surface area contributed by atoms with E-state index in [2.05, 4.69) is 5.32 Å². The van der Waals surface area contributed by atoms with Crippen molar-refractivity contribution < 1.29 is 23.0 Å². The minimum Gasteiger partial charge on any atom is -0.460 e. The zero-order valence-electron chi connectivity index (χ0n) is 15.0. The lowest BCUT2D eigenvalue weighted by Gasteiger charge is -2.37. The number of carbonyl (C=O) groups is 1. The number of methoxy groups -OCH3 is 1. The highest BCUT2D eigenvalue weighted by Gasteiger charge is 2.34. The minimum atomic E-state index is -0.990. The van der Waals surface area contributed by atoms with E-state index in [0.717, 1.165) is 18.6 Å². The first-order valence-corrected chi connectivity index (χ1v) is 8.71. The van der Waals surface area contributed by atoms with Gasteiger partial charge in [0, 0.05) is 19.4 Å². The summed E-state index contributed by atoms with van der Waals surface area (Å²) in [5.41, 5.74) is 1.34. The first kappa shape index (κ1) is 20.3. The van der Waals surface area contributed by atoms with Crippen LogP contribution in [0.1, 0.15) is 31.9 Å².